The molecule has 2 fully saturated rings. The Labute approximate surface area is 102 Å². The van der Waals surface area contributed by atoms with E-state index in [-0.39, 0.29) is 6.04 Å². The molecular formula is C11H20FNO3S. The van der Waals surface area contributed by atoms with Crippen LogP contribution in [0.15, 0.2) is 0 Å². The molecule has 0 aromatic rings. The van der Waals surface area contributed by atoms with Crippen LogP contribution < -0.4 is 4.72 Å². The third kappa shape index (κ3) is 2.35. The smallest absolute Gasteiger partial charge is 0.230 e. The lowest BCUT2D eigenvalue weighted by atomic mass is 9.64. The molecule has 6 heteroatoms. The first-order valence-electron chi connectivity index (χ1n) is 6.12. The molecule has 4 nitrogen and oxygen atoms in total. The molecule has 2 aliphatic rings. The zero-order chi connectivity index (χ0) is 12.7. The second kappa shape index (κ2) is 4.17. The molecule has 0 amide bonds. The van der Waals surface area contributed by atoms with E-state index >= 15 is 0 Å². The van der Waals surface area contributed by atoms with Crippen molar-refractivity contribution in [3.8, 4) is 0 Å². The van der Waals surface area contributed by atoms with E-state index in [0.717, 1.165) is 19.3 Å². The number of alkyl halides is 1. The molecule has 2 rings (SSSR count). The summed E-state index contributed by atoms with van der Waals surface area (Å²) in [5, 5.41) is 0. The number of ether oxygens (including phenoxy) is 1. The van der Waals surface area contributed by atoms with Crippen LogP contribution in [-0.2, 0) is 14.8 Å². The number of hydrogen-bond acceptors (Lipinski definition) is 3. The SMILES string of the molecule is CC(C)NS(=O)(=O)CC1(F)OCCC12CCC2. The van der Waals surface area contributed by atoms with Gasteiger partial charge in [0.25, 0.3) is 0 Å². The molecule has 1 heterocycles. The lowest BCUT2D eigenvalue weighted by Crippen LogP contribution is -2.52. The van der Waals surface area contributed by atoms with Gasteiger partial charge in [-0.1, -0.05) is 6.42 Å². The van der Waals surface area contributed by atoms with Crippen LogP contribution in [0.5, 0.6) is 0 Å². The van der Waals surface area contributed by atoms with Crippen molar-refractivity contribution in [1.29, 1.82) is 0 Å². The van der Waals surface area contributed by atoms with Crippen LogP contribution in [0.4, 0.5) is 4.39 Å². The van der Waals surface area contributed by atoms with Crippen molar-refractivity contribution >= 4 is 10.0 Å². The van der Waals surface area contributed by atoms with Crippen LogP contribution in [0.1, 0.15) is 39.5 Å². The topological polar surface area (TPSA) is 55.4 Å². The summed E-state index contributed by atoms with van der Waals surface area (Å²) < 4.78 is 45.9. The Kier molecular flexibility index (Phi) is 3.25. The monoisotopic (exact) mass is 265 g/mol. The lowest BCUT2D eigenvalue weighted by Gasteiger charge is -2.45. The Morgan fingerprint density at radius 3 is 2.47 bits per heavy atom. The minimum atomic E-state index is -3.62. The van der Waals surface area contributed by atoms with E-state index in [2.05, 4.69) is 4.72 Å². The molecule has 1 spiro atoms. The molecule has 0 bridgehead atoms. The first-order valence-corrected chi connectivity index (χ1v) is 7.77. The van der Waals surface area contributed by atoms with Gasteiger partial charge >= 0.3 is 0 Å². The standard InChI is InChI=1S/C11H20FNO3S/c1-9(2)13-17(14,15)8-11(12)10(4-3-5-10)6-7-16-11/h9,13H,3-8H2,1-2H3. The van der Waals surface area contributed by atoms with Gasteiger partial charge in [0, 0.05) is 11.5 Å². The highest BCUT2D eigenvalue weighted by atomic mass is 32.2. The molecule has 0 aromatic heterocycles. The van der Waals surface area contributed by atoms with Gasteiger partial charge in [-0.05, 0) is 33.1 Å². The van der Waals surface area contributed by atoms with E-state index in [4.69, 9.17) is 4.74 Å². The van der Waals surface area contributed by atoms with Gasteiger partial charge in [-0.25, -0.2) is 17.5 Å². The number of rotatable bonds is 4. The van der Waals surface area contributed by atoms with Crippen LogP contribution in [0, 0.1) is 5.41 Å². The summed E-state index contributed by atoms with van der Waals surface area (Å²) in [6.07, 6.45) is 3.08. The molecule has 1 aliphatic carbocycles. The molecule has 1 N–H and O–H groups in total. The highest BCUT2D eigenvalue weighted by Crippen LogP contribution is 2.58. The van der Waals surface area contributed by atoms with E-state index in [1.54, 1.807) is 13.8 Å². The van der Waals surface area contributed by atoms with E-state index in [9.17, 15) is 12.8 Å². The third-order valence-electron chi connectivity index (χ3n) is 3.81. The molecule has 1 aliphatic heterocycles. The second-order valence-electron chi connectivity index (χ2n) is 5.49. The fourth-order valence-electron chi connectivity index (χ4n) is 2.81. The number of hydrogen-bond donors (Lipinski definition) is 1. The van der Waals surface area contributed by atoms with Gasteiger partial charge in [0.1, 0.15) is 5.75 Å². The number of halogens is 1. The van der Waals surface area contributed by atoms with E-state index in [1.807, 2.05) is 0 Å². The van der Waals surface area contributed by atoms with Crippen LogP contribution in [0.2, 0.25) is 0 Å². The maximum atomic E-state index is 14.7. The van der Waals surface area contributed by atoms with E-state index in [1.165, 1.54) is 0 Å². The summed E-state index contributed by atoms with van der Waals surface area (Å²) in [7, 11) is -3.62. The van der Waals surface area contributed by atoms with Crippen molar-refractivity contribution in [1.82, 2.24) is 4.72 Å². The van der Waals surface area contributed by atoms with E-state index < -0.39 is 27.0 Å². The normalized spacial score (nSPS) is 32.0. The van der Waals surface area contributed by atoms with Crippen LogP contribution >= 0.6 is 0 Å². The Hall–Kier alpha value is -0.200. The Balaban J connectivity index is 2.12. The van der Waals surface area contributed by atoms with Crippen molar-refractivity contribution in [3.05, 3.63) is 0 Å². The summed E-state index contributed by atoms with van der Waals surface area (Å²) in [5.74, 6) is -2.57. The minimum absolute atomic E-state index is 0.220. The molecule has 0 aromatic carbocycles. The number of sulfonamides is 1. The summed E-state index contributed by atoms with van der Waals surface area (Å²) in [5.41, 5.74) is -0.543. The Morgan fingerprint density at radius 2 is 2.00 bits per heavy atom. The van der Waals surface area contributed by atoms with Crippen LogP contribution in [-0.4, -0.2) is 32.7 Å². The maximum absolute atomic E-state index is 14.7. The van der Waals surface area contributed by atoms with Gasteiger partial charge in [0.2, 0.25) is 15.9 Å². The predicted molar refractivity (Wildman–Crippen MR) is 62.8 cm³/mol. The van der Waals surface area contributed by atoms with Crippen LogP contribution in [0.3, 0.4) is 0 Å². The fraction of sp³-hybridized carbons (Fsp3) is 1.00. The van der Waals surface area contributed by atoms with Gasteiger partial charge in [0.15, 0.2) is 0 Å². The largest absolute Gasteiger partial charge is 0.345 e. The molecule has 0 radical (unpaired) electrons. The average Bonchev–Trinajstić information content (AvgIpc) is 2.36. The molecule has 1 atom stereocenters. The molecule has 100 valence electrons. The second-order valence-corrected chi connectivity index (χ2v) is 7.25. The Bertz CT molecular complexity index is 392. The Morgan fingerprint density at radius 1 is 1.35 bits per heavy atom. The van der Waals surface area contributed by atoms with Gasteiger partial charge in [0.05, 0.1) is 6.61 Å². The number of nitrogens with one attached hydrogen (secondary N) is 1. The lowest BCUT2D eigenvalue weighted by molar-refractivity contribution is -0.175. The van der Waals surface area contributed by atoms with Gasteiger partial charge in [-0.15, -0.1) is 0 Å². The first kappa shape index (κ1) is 13.2. The van der Waals surface area contributed by atoms with Gasteiger partial charge in [-0.2, -0.15) is 0 Å². The van der Waals surface area contributed by atoms with Gasteiger partial charge in [-0.3, -0.25) is 0 Å². The van der Waals surface area contributed by atoms with Crippen molar-refractivity contribution in [2.45, 2.75) is 51.4 Å². The van der Waals surface area contributed by atoms with Crippen molar-refractivity contribution in [2.75, 3.05) is 12.4 Å². The first-order chi connectivity index (χ1) is 7.79. The molecular weight excluding hydrogens is 245 g/mol. The summed E-state index contributed by atoms with van der Waals surface area (Å²) >= 11 is 0. The zero-order valence-corrected chi connectivity index (χ0v) is 11.1. The molecule has 1 saturated carbocycles. The minimum Gasteiger partial charge on any atom is -0.345 e. The fourth-order valence-corrected chi connectivity index (χ4v) is 4.49. The van der Waals surface area contributed by atoms with Crippen molar-refractivity contribution in [2.24, 2.45) is 5.41 Å². The predicted octanol–water partition coefficient (Wildman–Crippen LogP) is 1.57. The highest BCUT2D eigenvalue weighted by molar-refractivity contribution is 7.89. The quantitative estimate of drug-likeness (QED) is 0.839. The third-order valence-corrected chi connectivity index (χ3v) is 5.39. The highest BCUT2D eigenvalue weighted by Gasteiger charge is 2.61. The zero-order valence-electron chi connectivity index (χ0n) is 10.3. The van der Waals surface area contributed by atoms with Crippen molar-refractivity contribution in [3.63, 3.8) is 0 Å². The molecule has 1 saturated heterocycles. The van der Waals surface area contributed by atoms with E-state index in [0.29, 0.717) is 13.0 Å². The van der Waals surface area contributed by atoms with Gasteiger partial charge < -0.3 is 4.74 Å². The summed E-state index contributed by atoms with van der Waals surface area (Å²) in [4.78, 5) is 0. The molecule has 17 heavy (non-hydrogen) atoms. The maximum Gasteiger partial charge on any atom is 0.230 e. The summed E-state index contributed by atoms with van der Waals surface area (Å²) in [6.45, 7) is 3.77. The van der Waals surface area contributed by atoms with Crippen molar-refractivity contribution < 1.29 is 17.5 Å². The molecule has 1 unspecified atom stereocenters. The van der Waals surface area contributed by atoms with Crippen LogP contribution in [0.25, 0.3) is 0 Å². The summed E-state index contributed by atoms with van der Waals surface area (Å²) in [6, 6.07) is -0.220. The average molecular weight is 265 g/mol.